The topological polar surface area (TPSA) is 105 Å². The first-order chi connectivity index (χ1) is 12.6. The van der Waals surface area contributed by atoms with E-state index in [0.717, 1.165) is 5.69 Å². The molecule has 0 atom stereocenters. The van der Waals surface area contributed by atoms with Crippen LogP contribution < -0.4 is 10.6 Å². The van der Waals surface area contributed by atoms with Crippen molar-refractivity contribution in [2.75, 3.05) is 31.3 Å². The zero-order chi connectivity index (χ0) is 18.8. The average Bonchev–Trinajstić information content (AvgIpc) is 3.02. The number of nitrogens with one attached hydrogen (secondary N) is 2. The molecule has 0 radical (unpaired) electrons. The van der Waals surface area contributed by atoms with E-state index in [0.29, 0.717) is 24.0 Å². The molecule has 140 valence electrons. The first-order valence-electron chi connectivity index (χ1n) is 8.02. The zero-order valence-corrected chi connectivity index (χ0v) is 15.3. The maximum atomic E-state index is 12.1. The lowest BCUT2D eigenvalue weighted by molar-refractivity contribution is -0.122. The summed E-state index contributed by atoms with van der Waals surface area (Å²) >= 11 is 1.20. The molecule has 0 unspecified atom stereocenters. The third kappa shape index (κ3) is 6.17. The Balaban J connectivity index is 1.93. The fourth-order valence-electron chi connectivity index (χ4n) is 2.14. The van der Waals surface area contributed by atoms with Crippen LogP contribution in [0.2, 0.25) is 0 Å². The van der Waals surface area contributed by atoms with Gasteiger partial charge in [-0.15, -0.1) is 0 Å². The highest BCUT2D eigenvalue weighted by Gasteiger charge is 2.15. The number of rotatable bonds is 10. The van der Waals surface area contributed by atoms with Gasteiger partial charge in [0.25, 0.3) is 0 Å². The minimum atomic E-state index is -0.241. The van der Waals surface area contributed by atoms with Crippen LogP contribution in [-0.4, -0.2) is 52.5 Å². The molecule has 26 heavy (non-hydrogen) atoms. The summed E-state index contributed by atoms with van der Waals surface area (Å²) in [5.74, 6) is -0.251. The number of methoxy groups -OCH3 is 1. The van der Waals surface area contributed by atoms with E-state index in [2.05, 4.69) is 15.6 Å². The first kappa shape index (κ1) is 20.0. The third-order valence-corrected chi connectivity index (χ3v) is 4.37. The van der Waals surface area contributed by atoms with E-state index in [4.69, 9.17) is 4.74 Å². The molecule has 0 aliphatic heterocycles. The molecule has 0 aliphatic carbocycles. The van der Waals surface area contributed by atoms with Crippen molar-refractivity contribution in [3.63, 3.8) is 0 Å². The van der Waals surface area contributed by atoms with E-state index < -0.39 is 0 Å². The zero-order valence-electron chi connectivity index (χ0n) is 14.5. The van der Waals surface area contributed by atoms with Gasteiger partial charge < -0.3 is 25.0 Å². The predicted octanol–water partition coefficient (Wildman–Crippen LogP) is 0.869. The fraction of sp³-hybridized carbons (Fsp3) is 0.353. The molecule has 1 heterocycles. The van der Waals surface area contributed by atoms with E-state index in [1.807, 2.05) is 18.2 Å². The summed E-state index contributed by atoms with van der Waals surface area (Å²) in [7, 11) is 1.56. The van der Waals surface area contributed by atoms with E-state index in [1.54, 1.807) is 23.8 Å². The molecule has 0 saturated carbocycles. The van der Waals surface area contributed by atoms with Crippen molar-refractivity contribution in [3.8, 4) is 0 Å². The molecule has 8 nitrogen and oxygen atoms in total. The van der Waals surface area contributed by atoms with E-state index >= 15 is 0 Å². The lowest BCUT2D eigenvalue weighted by Gasteiger charge is -2.11. The van der Waals surface area contributed by atoms with Gasteiger partial charge in [0.2, 0.25) is 11.8 Å². The molecule has 1 aromatic heterocycles. The Morgan fingerprint density at radius 3 is 2.73 bits per heavy atom. The van der Waals surface area contributed by atoms with Crippen LogP contribution in [0.4, 0.5) is 5.69 Å². The largest absolute Gasteiger partial charge is 0.390 e. The van der Waals surface area contributed by atoms with Gasteiger partial charge in [0.05, 0.1) is 30.9 Å². The van der Waals surface area contributed by atoms with Gasteiger partial charge in [0, 0.05) is 19.3 Å². The number of nitrogens with zero attached hydrogens (tertiary/aromatic N) is 2. The highest BCUT2D eigenvalue weighted by atomic mass is 32.2. The van der Waals surface area contributed by atoms with Crippen LogP contribution in [0.3, 0.4) is 0 Å². The van der Waals surface area contributed by atoms with Crippen molar-refractivity contribution in [1.82, 2.24) is 14.9 Å². The molecule has 0 aliphatic rings. The second-order valence-corrected chi connectivity index (χ2v) is 6.26. The minimum absolute atomic E-state index is 0.0161. The van der Waals surface area contributed by atoms with Crippen molar-refractivity contribution in [3.05, 3.63) is 42.2 Å². The van der Waals surface area contributed by atoms with E-state index in [9.17, 15) is 14.7 Å². The van der Waals surface area contributed by atoms with Crippen LogP contribution in [0.5, 0.6) is 0 Å². The van der Waals surface area contributed by atoms with E-state index in [-0.39, 0.29) is 30.7 Å². The molecule has 9 heteroatoms. The Kier molecular flexibility index (Phi) is 8.13. The molecule has 0 saturated heterocycles. The van der Waals surface area contributed by atoms with Crippen LogP contribution in [0.15, 0.2) is 41.7 Å². The van der Waals surface area contributed by atoms with Crippen molar-refractivity contribution in [2.24, 2.45) is 0 Å². The quantitative estimate of drug-likeness (QED) is 0.418. The fourth-order valence-corrected chi connectivity index (χ4v) is 2.94. The van der Waals surface area contributed by atoms with Gasteiger partial charge in [-0.25, -0.2) is 4.98 Å². The first-order valence-corrected chi connectivity index (χ1v) is 9.01. The maximum absolute atomic E-state index is 12.1. The second kappa shape index (κ2) is 10.6. The highest BCUT2D eigenvalue weighted by molar-refractivity contribution is 7.99. The second-order valence-electron chi connectivity index (χ2n) is 5.32. The smallest absolute Gasteiger partial charge is 0.240 e. The van der Waals surface area contributed by atoms with Crippen molar-refractivity contribution >= 4 is 29.3 Å². The normalized spacial score (nSPS) is 10.5. The van der Waals surface area contributed by atoms with Gasteiger partial charge >= 0.3 is 0 Å². The number of imidazole rings is 1. The van der Waals surface area contributed by atoms with Crippen LogP contribution in [-0.2, 0) is 27.5 Å². The van der Waals surface area contributed by atoms with Crippen molar-refractivity contribution in [2.45, 2.75) is 18.3 Å². The van der Waals surface area contributed by atoms with E-state index in [1.165, 1.54) is 18.0 Å². The van der Waals surface area contributed by atoms with Crippen LogP contribution in [0.1, 0.15) is 5.69 Å². The molecule has 2 rings (SSSR count). The van der Waals surface area contributed by atoms with Crippen LogP contribution in [0, 0.1) is 0 Å². The van der Waals surface area contributed by atoms with Gasteiger partial charge in [-0.2, -0.15) is 0 Å². The van der Waals surface area contributed by atoms with Gasteiger partial charge in [-0.1, -0.05) is 30.0 Å². The Hall–Kier alpha value is -2.36. The summed E-state index contributed by atoms with van der Waals surface area (Å²) in [5.41, 5.74) is 1.23. The van der Waals surface area contributed by atoms with Crippen molar-refractivity contribution < 1.29 is 19.4 Å². The number of ether oxygens (including phenoxy) is 1. The molecular formula is C17H22N4O4S. The Labute approximate surface area is 156 Å². The van der Waals surface area contributed by atoms with Gasteiger partial charge in [-0.05, 0) is 12.1 Å². The third-order valence-electron chi connectivity index (χ3n) is 3.38. The minimum Gasteiger partial charge on any atom is -0.390 e. The van der Waals surface area contributed by atoms with Crippen molar-refractivity contribution in [1.29, 1.82) is 0 Å². The summed E-state index contributed by atoms with van der Waals surface area (Å²) in [6, 6.07) is 9.15. The number of hydrogen-bond acceptors (Lipinski definition) is 6. The number of aliphatic hydroxyl groups is 1. The number of benzene rings is 1. The maximum Gasteiger partial charge on any atom is 0.240 e. The molecule has 0 bridgehead atoms. The number of aromatic nitrogens is 2. The number of thioether (sulfide) groups is 1. The molecule has 0 spiro atoms. The summed E-state index contributed by atoms with van der Waals surface area (Å²) in [6.45, 7) is 0.599. The Morgan fingerprint density at radius 2 is 2.04 bits per heavy atom. The number of anilines is 1. The average molecular weight is 378 g/mol. The molecule has 0 fully saturated rings. The molecular weight excluding hydrogens is 356 g/mol. The highest BCUT2D eigenvalue weighted by Crippen LogP contribution is 2.19. The summed E-state index contributed by atoms with van der Waals surface area (Å²) in [5, 5.41) is 15.4. The molecule has 2 aromatic rings. The summed E-state index contributed by atoms with van der Waals surface area (Å²) in [4.78, 5) is 28.3. The summed E-state index contributed by atoms with van der Waals surface area (Å²) in [6.07, 6.45) is 1.50. The Bertz CT molecular complexity index is 721. The number of carbonyl (C=O) groups excluding carboxylic acids is 2. The van der Waals surface area contributed by atoms with Crippen LogP contribution in [0.25, 0.3) is 0 Å². The van der Waals surface area contributed by atoms with Gasteiger partial charge in [0.1, 0.15) is 6.54 Å². The summed E-state index contributed by atoms with van der Waals surface area (Å²) < 4.78 is 6.49. The lowest BCUT2D eigenvalue weighted by atomic mass is 10.3. The molecule has 1 aromatic carbocycles. The predicted molar refractivity (Wildman–Crippen MR) is 98.8 cm³/mol. The standard InChI is InChI=1S/C17H22N4O4S/c1-25-8-7-18-15(23)10-21-14(11-22)9-19-17(21)26-12-16(24)20-13-5-3-2-4-6-13/h2-6,9,22H,7-8,10-12H2,1H3,(H,18,23)(H,20,24). The Morgan fingerprint density at radius 1 is 1.27 bits per heavy atom. The number of carbonyl (C=O) groups is 2. The number of hydrogen-bond donors (Lipinski definition) is 3. The number of amides is 2. The van der Waals surface area contributed by atoms with Crippen LogP contribution >= 0.6 is 11.8 Å². The lowest BCUT2D eigenvalue weighted by Crippen LogP contribution is -2.31. The molecule has 2 amide bonds. The number of aliphatic hydroxyl groups excluding tert-OH is 1. The monoisotopic (exact) mass is 378 g/mol. The SMILES string of the molecule is COCCNC(=O)Cn1c(CO)cnc1SCC(=O)Nc1ccccc1. The van der Waals surface area contributed by atoms with Gasteiger partial charge in [-0.3, -0.25) is 9.59 Å². The molecule has 3 N–H and O–H groups in total. The number of para-hydroxylation sites is 1. The van der Waals surface area contributed by atoms with Gasteiger partial charge in [0.15, 0.2) is 5.16 Å².